The zero-order valence-corrected chi connectivity index (χ0v) is 16.2. The van der Waals surface area contributed by atoms with Crippen LogP contribution in [0.3, 0.4) is 0 Å². The highest BCUT2D eigenvalue weighted by Gasteiger charge is 2.23. The number of nitrogens with zero attached hydrogens (tertiary/aromatic N) is 2. The van der Waals surface area contributed by atoms with Crippen molar-refractivity contribution < 1.29 is 4.74 Å². The molecule has 0 atom stereocenters. The first kappa shape index (κ1) is 18.1. The average Bonchev–Trinajstić information content (AvgIpc) is 3.19. The Bertz CT molecular complexity index is 900. The van der Waals surface area contributed by atoms with Gasteiger partial charge in [-0.2, -0.15) is 5.10 Å². The molecule has 2 heterocycles. The second-order valence-corrected chi connectivity index (χ2v) is 7.50. The number of hydrogen-bond donors (Lipinski definition) is 1. The maximum Gasteiger partial charge on any atom is 0.119 e. The minimum atomic E-state index is 0.499. The number of nitrogens with one attached hydrogen (secondary N) is 1. The summed E-state index contributed by atoms with van der Waals surface area (Å²) >= 11 is 6.31. The van der Waals surface area contributed by atoms with Crippen LogP contribution in [0, 0.1) is 0 Å². The second kappa shape index (κ2) is 8.15. The van der Waals surface area contributed by atoms with Crippen LogP contribution < -0.4 is 4.74 Å². The Labute approximate surface area is 165 Å². The van der Waals surface area contributed by atoms with Crippen molar-refractivity contribution in [2.75, 3.05) is 20.2 Å². The standard InChI is InChI=1S/C22H24ClN3O/c1-27-18-6-4-5-16(13-18)15-26-11-9-17(10-12-26)21-14-22(25-24-21)19-7-2-3-8-20(19)23/h2-8,13-14,17H,9-12,15H2,1H3,(H,24,25). The molecule has 1 aliphatic rings. The van der Waals surface area contributed by atoms with Crippen LogP contribution in [-0.4, -0.2) is 35.3 Å². The van der Waals surface area contributed by atoms with Crippen molar-refractivity contribution in [1.29, 1.82) is 0 Å². The summed E-state index contributed by atoms with van der Waals surface area (Å²) in [5.74, 6) is 1.42. The number of piperidine rings is 1. The summed E-state index contributed by atoms with van der Waals surface area (Å²) in [6, 6.07) is 18.4. The first-order valence-corrected chi connectivity index (χ1v) is 9.76. The summed E-state index contributed by atoms with van der Waals surface area (Å²) in [4.78, 5) is 2.51. The topological polar surface area (TPSA) is 41.1 Å². The smallest absolute Gasteiger partial charge is 0.119 e. The minimum Gasteiger partial charge on any atom is -0.497 e. The number of ether oxygens (including phenoxy) is 1. The maximum absolute atomic E-state index is 6.31. The number of aromatic amines is 1. The van der Waals surface area contributed by atoms with Crippen molar-refractivity contribution in [2.45, 2.75) is 25.3 Å². The zero-order chi connectivity index (χ0) is 18.6. The van der Waals surface area contributed by atoms with Gasteiger partial charge in [-0.1, -0.05) is 41.9 Å². The molecular formula is C22H24ClN3O. The molecule has 1 aromatic heterocycles. The third-order valence-corrected chi connectivity index (χ3v) is 5.64. The van der Waals surface area contributed by atoms with E-state index in [-0.39, 0.29) is 0 Å². The first-order chi connectivity index (χ1) is 13.2. The monoisotopic (exact) mass is 381 g/mol. The Morgan fingerprint density at radius 2 is 1.93 bits per heavy atom. The summed E-state index contributed by atoms with van der Waals surface area (Å²) in [6.07, 6.45) is 2.24. The Morgan fingerprint density at radius 1 is 1.11 bits per heavy atom. The third-order valence-electron chi connectivity index (χ3n) is 5.31. The van der Waals surface area contributed by atoms with E-state index < -0.39 is 0 Å². The Hall–Kier alpha value is -2.30. The van der Waals surface area contributed by atoms with Gasteiger partial charge in [-0.3, -0.25) is 10.00 Å². The van der Waals surface area contributed by atoms with Crippen LogP contribution in [0.15, 0.2) is 54.6 Å². The number of likely N-dealkylation sites (tertiary alicyclic amines) is 1. The van der Waals surface area contributed by atoms with Gasteiger partial charge in [0.1, 0.15) is 5.75 Å². The lowest BCUT2D eigenvalue weighted by molar-refractivity contribution is 0.203. The van der Waals surface area contributed by atoms with Crippen molar-refractivity contribution in [3.63, 3.8) is 0 Å². The summed E-state index contributed by atoms with van der Waals surface area (Å²) in [5.41, 5.74) is 4.45. The predicted molar refractivity (Wildman–Crippen MR) is 109 cm³/mol. The highest BCUT2D eigenvalue weighted by atomic mass is 35.5. The molecule has 0 radical (unpaired) electrons. The van der Waals surface area contributed by atoms with Gasteiger partial charge in [-0.05, 0) is 55.8 Å². The van der Waals surface area contributed by atoms with Gasteiger partial charge < -0.3 is 4.74 Å². The quantitative estimate of drug-likeness (QED) is 0.667. The number of methoxy groups -OCH3 is 1. The molecule has 140 valence electrons. The summed E-state index contributed by atoms with van der Waals surface area (Å²) in [6.45, 7) is 3.13. The fraction of sp³-hybridized carbons (Fsp3) is 0.318. The van der Waals surface area contributed by atoms with E-state index >= 15 is 0 Å². The van der Waals surface area contributed by atoms with E-state index in [4.69, 9.17) is 16.3 Å². The fourth-order valence-corrected chi connectivity index (χ4v) is 4.02. The Kier molecular flexibility index (Phi) is 5.46. The molecule has 1 N–H and O–H groups in total. The van der Waals surface area contributed by atoms with Gasteiger partial charge in [0.05, 0.1) is 18.5 Å². The molecule has 5 heteroatoms. The molecule has 2 aromatic carbocycles. The average molecular weight is 382 g/mol. The Morgan fingerprint density at radius 3 is 2.70 bits per heavy atom. The van der Waals surface area contributed by atoms with Gasteiger partial charge >= 0.3 is 0 Å². The lowest BCUT2D eigenvalue weighted by atomic mass is 9.93. The summed E-state index contributed by atoms with van der Waals surface area (Å²) < 4.78 is 5.33. The van der Waals surface area contributed by atoms with Crippen molar-refractivity contribution in [3.05, 3.63) is 70.9 Å². The molecule has 0 spiro atoms. The van der Waals surface area contributed by atoms with Gasteiger partial charge in [0, 0.05) is 23.0 Å². The molecule has 0 bridgehead atoms. The lowest BCUT2D eigenvalue weighted by Crippen LogP contribution is -2.32. The second-order valence-electron chi connectivity index (χ2n) is 7.09. The van der Waals surface area contributed by atoms with Crippen molar-refractivity contribution in [2.24, 2.45) is 0 Å². The van der Waals surface area contributed by atoms with Crippen molar-refractivity contribution >= 4 is 11.6 Å². The molecule has 1 aliphatic heterocycles. The number of rotatable bonds is 5. The van der Waals surface area contributed by atoms with E-state index in [9.17, 15) is 0 Å². The predicted octanol–water partition coefficient (Wildman–Crippen LogP) is 5.12. The molecule has 0 saturated carbocycles. The van der Waals surface area contributed by atoms with E-state index in [2.05, 4.69) is 39.4 Å². The van der Waals surface area contributed by atoms with E-state index in [1.165, 1.54) is 5.56 Å². The molecule has 1 saturated heterocycles. The number of halogens is 1. The Balaban J connectivity index is 1.37. The van der Waals surface area contributed by atoms with Crippen molar-refractivity contribution in [3.8, 4) is 17.0 Å². The molecule has 27 heavy (non-hydrogen) atoms. The van der Waals surface area contributed by atoms with Crippen LogP contribution in [0.5, 0.6) is 5.75 Å². The summed E-state index contributed by atoms with van der Waals surface area (Å²) in [7, 11) is 1.71. The lowest BCUT2D eigenvalue weighted by Gasteiger charge is -2.31. The first-order valence-electron chi connectivity index (χ1n) is 9.38. The van der Waals surface area contributed by atoms with Gasteiger partial charge in [0.25, 0.3) is 0 Å². The maximum atomic E-state index is 6.31. The van der Waals surface area contributed by atoms with Crippen LogP contribution in [0.1, 0.15) is 30.0 Å². The molecule has 1 fully saturated rings. The number of aromatic nitrogens is 2. The van der Waals surface area contributed by atoms with E-state index in [1.54, 1.807) is 7.11 Å². The van der Waals surface area contributed by atoms with Gasteiger partial charge in [-0.15, -0.1) is 0 Å². The van der Waals surface area contributed by atoms with Crippen LogP contribution >= 0.6 is 11.6 Å². The zero-order valence-electron chi connectivity index (χ0n) is 15.5. The summed E-state index contributed by atoms with van der Waals surface area (Å²) in [5, 5.41) is 8.48. The van der Waals surface area contributed by atoms with Gasteiger partial charge in [0.15, 0.2) is 0 Å². The van der Waals surface area contributed by atoms with E-state index in [1.807, 2.05) is 30.3 Å². The number of H-pyrrole nitrogens is 1. The van der Waals surface area contributed by atoms with Gasteiger partial charge in [0.2, 0.25) is 0 Å². The van der Waals surface area contributed by atoms with Crippen LogP contribution in [0.2, 0.25) is 5.02 Å². The number of benzene rings is 2. The van der Waals surface area contributed by atoms with E-state index in [0.29, 0.717) is 5.92 Å². The van der Waals surface area contributed by atoms with Crippen LogP contribution in [-0.2, 0) is 6.54 Å². The SMILES string of the molecule is COc1cccc(CN2CCC(c3cc(-c4ccccc4Cl)[nH]n3)CC2)c1. The van der Waals surface area contributed by atoms with Crippen molar-refractivity contribution in [1.82, 2.24) is 15.1 Å². The minimum absolute atomic E-state index is 0.499. The molecule has 3 aromatic rings. The van der Waals surface area contributed by atoms with E-state index in [0.717, 1.165) is 60.2 Å². The molecule has 0 unspecified atom stereocenters. The normalized spacial score (nSPS) is 15.8. The molecule has 0 aliphatic carbocycles. The fourth-order valence-electron chi connectivity index (χ4n) is 3.78. The third kappa shape index (κ3) is 4.18. The molecule has 4 rings (SSSR count). The highest BCUT2D eigenvalue weighted by Crippen LogP contribution is 2.32. The number of hydrogen-bond acceptors (Lipinski definition) is 3. The van der Waals surface area contributed by atoms with Crippen LogP contribution in [0.25, 0.3) is 11.3 Å². The molecule has 4 nitrogen and oxygen atoms in total. The molecular weight excluding hydrogens is 358 g/mol. The largest absolute Gasteiger partial charge is 0.497 e. The van der Waals surface area contributed by atoms with Crippen LogP contribution in [0.4, 0.5) is 0 Å². The highest BCUT2D eigenvalue weighted by molar-refractivity contribution is 6.33. The molecule has 0 amide bonds. The van der Waals surface area contributed by atoms with Gasteiger partial charge in [-0.25, -0.2) is 0 Å².